The van der Waals surface area contributed by atoms with Gasteiger partial charge in [-0.15, -0.1) is 0 Å². The third-order valence-corrected chi connectivity index (χ3v) is 3.36. The average molecular weight is 236 g/mol. The number of para-hydroxylation sites is 2. The molecule has 0 aliphatic carbocycles. The maximum Gasteiger partial charge on any atom is 0.142 e. The predicted octanol–water partition coefficient (Wildman–Crippen LogP) is 0.985. The standard InChI is InChI=1S/C13H20N2O2/c1-17-12-6-3-2-5-11(12)15-8-4-7-13(16,9-14)10-15/h2-3,5-6,16H,4,7-10,14H2,1H3. The Morgan fingerprint density at radius 2 is 2.24 bits per heavy atom. The van der Waals surface area contributed by atoms with Gasteiger partial charge in [0.1, 0.15) is 5.75 Å². The molecule has 0 radical (unpaired) electrons. The highest BCUT2D eigenvalue weighted by molar-refractivity contribution is 5.58. The first-order chi connectivity index (χ1) is 8.18. The van der Waals surface area contributed by atoms with E-state index in [9.17, 15) is 5.11 Å². The summed E-state index contributed by atoms with van der Waals surface area (Å²) in [7, 11) is 1.66. The Balaban J connectivity index is 2.22. The number of aliphatic hydroxyl groups is 1. The van der Waals surface area contributed by atoms with Crippen LogP contribution in [-0.4, -0.2) is 37.5 Å². The highest BCUT2D eigenvalue weighted by Gasteiger charge is 2.32. The lowest BCUT2D eigenvalue weighted by Gasteiger charge is -2.40. The molecule has 1 aliphatic heterocycles. The molecule has 1 saturated heterocycles. The van der Waals surface area contributed by atoms with E-state index in [4.69, 9.17) is 10.5 Å². The Morgan fingerprint density at radius 3 is 2.94 bits per heavy atom. The molecule has 0 amide bonds. The number of methoxy groups -OCH3 is 1. The van der Waals surface area contributed by atoms with Crippen molar-refractivity contribution in [1.82, 2.24) is 0 Å². The van der Waals surface area contributed by atoms with Crippen molar-refractivity contribution in [2.45, 2.75) is 18.4 Å². The highest BCUT2D eigenvalue weighted by Crippen LogP contribution is 2.32. The molecule has 1 atom stereocenters. The second-order valence-corrected chi connectivity index (χ2v) is 4.63. The molecule has 1 heterocycles. The van der Waals surface area contributed by atoms with Gasteiger partial charge >= 0.3 is 0 Å². The van der Waals surface area contributed by atoms with E-state index in [1.807, 2.05) is 24.3 Å². The Bertz CT molecular complexity index is 383. The molecule has 17 heavy (non-hydrogen) atoms. The van der Waals surface area contributed by atoms with Crippen LogP contribution in [0.3, 0.4) is 0 Å². The van der Waals surface area contributed by atoms with Crippen LogP contribution in [0.25, 0.3) is 0 Å². The zero-order valence-corrected chi connectivity index (χ0v) is 10.2. The van der Waals surface area contributed by atoms with Crippen LogP contribution in [0.4, 0.5) is 5.69 Å². The van der Waals surface area contributed by atoms with E-state index in [1.54, 1.807) is 7.11 Å². The molecule has 1 aliphatic rings. The molecular formula is C13H20N2O2. The lowest BCUT2D eigenvalue weighted by Crippen LogP contribution is -2.52. The summed E-state index contributed by atoms with van der Waals surface area (Å²) >= 11 is 0. The SMILES string of the molecule is COc1ccccc1N1CCCC(O)(CN)C1. The Morgan fingerprint density at radius 1 is 1.47 bits per heavy atom. The molecular weight excluding hydrogens is 216 g/mol. The fourth-order valence-electron chi connectivity index (χ4n) is 2.38. The molecule has 2 rings (SSSR count). The van der Waals surface area contributed by atoms with Gasteiger partial charge in [-0.3, -0.25) is 0 Å². The van der Waals surface area contributed by atoms with E-state index >= 15 is 0 Å². The van der Waals surface area contributed by atoms with Crippen LogP contribution in [0.2, 0.25) is 0 Å². The fourth-order valence-corrected chi connectivity index (χ4v) is 2.38. The summed E-state index contributed by atoms with van der Waals surface area (Å²) in [5.41, 5.74) is 5.90. The van der Waals surface area contributed by atoms with Crippen LogP contribution in [0.1, 0.15) is 12.8 Å². The van der Waals surface area contributed by atoms with Gasteiger partial charge in [0.2, 0.25) is 0 Å². The smallest absolute Gasteiger partial charge is 0.142 e. The summed E-state index contributed by atoms with van der Waals surface area (Å²) < 4.78 is 5.35. The van der Waals surface area contributed by atoms with Gasteiger partial charge in [-0.1, -0.05) is 12.1 Å². The van der Waals surface area contributed by atoms with Crippen LogP contribution in [0.15, 0.2) is 24.3 Å². The average Bonchev–Trinajstić information content (AvgIpc) is 2.39. The molecule has 4 heteroatoms. The molecule has 3 N–H and O–H groups in total. The maximum atomic E-state index is 10.3. The number of nitrogens with two attached hydrogens (primary N) is 1. The number of benzene rings is 1. The quantitative estimate of drug-likeness (QED) is 0.821. The van der Waals surface area contributed by atoms with Crippen molar-refractivity contribution in [2.24, 2.45) is 5.73 Å². The van der Waals surface area contributed by atoms with Crippen LogP contribution in [-0.2, 0) is 0 Å². The Kier molecular flexibility index (Phi) is 3.54. The molecule has 0 spiro atoms. The van der Waals surface area contributed by atoms with Gasteiger partial charge in [0.25, 0.3) is 0 Å². The lowest BCUT2D eigenvalue weighted by atomic mass is 9.92. The fraction of sp³-hybridized carbons (Fsp3) is 0.538. The number of rotatable bonds is 3. The van der Waals surface area contributed by atoms with Crippen molar-refractivity contribution >= 4 is 5.69 Å². The van der Waals surface area contributed by atoms with Gasteiger partial charge in [0.05, 0.1) is 18.4 Å². The van der Waals surface area contributed by atoms with Gasteiger partial charge in [-0.05, 0) is 25.0 Å². The number of ether oxygens (including phenoxy) is 1. The normalized spacial score (nSPS) is 24.8. The van der Waals surface area contributed by atoms with Gasteiger partial charge in [-0.2, -0.15) is 0 Å². The van der Waals surface area contributed by atoms with E-state index in [0.717, 1.165) is 30.8 Å². The van der Waals surface area contributed by atoms with Crippen molar-refractivity contribution in [3.8, 4) is 5.75 Å². The lowest BCUT2D eigenvalue weighted by molar-refractivity contribution is 0.0346. The van der Waals surface area contributed by atoms with Crippen LogP contribution >= 0.6 is 0 Å². The molecule has 0 aromatic heterocycles. The highest BCUT2D eigenvalue weighted by atomic mass is 16.5. The first-order valence-electron chi connectivity index (χ1n) is 5.99. The van der Waals surface area contributed by atoms with E-state index < -0.39 is 5.60 Å². The van der Waals surface area contributed by atoms with E-state index in [-0.39, 0.29) is 0 Å². The molecule has 1 aromatic rings. The number of anilines is 1. The summed E-state index contributed by atoms with van der Waals surface area (Å²) in [6, 6.07) is 7.88. The molecule has 0 saturated carbocycles. The van der Waals surface area contributed by atoms with E-state index in [2.05, 4.69) is 4.90 Å². The summed E-state index contributed by atoms with van der Waals surface area (Å²) in [6.45, 7) is 1.81. The van der Waals surface area contributed by atoms with Gasteiger partial charge < -0.3 is 20.5 Å². The molecule has 94 valence electrons. The van der Waals surface area contributed by atoms with Gasteiger partial charge in [-0.25, -0.2) is 0 Å². The van der Waals surface area contributed by atoms with Gasteiger partial charge in [0.15, 0.2) is 0 Å². The third-order valence-electron chi connectivity index (χ3n) is 3.36. The summed E-state index contributed by atoms with van der Waals surface area (Å²) in [5.74, 6) is 0.841. The molecule has 0 bridgehead atoms. The molecule has 1 aromatic carbocycles. The largest absolute Gasteiger partial charge is 0.495 e. The second-order valence-electron chi connectivity index (χ2n) is 4.63. The van der Waals surface area contributed by atoms with Crippen LogP contribution < -0.4 is 15.4 Å². The van der Waals surface area contributed by atoms with Crippen molar-refractivity contribution in [3.05, 3.63) is 24.3 Å². The number of β-amino-alcohol motifs (C(OH)–C–C–N with tert-alkyl or cyclic N) is 1. The number of hydrogen-bond acceptors (Lipinski definition) is 4. The second kappa shape index (κ2) is 4.94. The zero-order chi connectivity index (χ0) is 12.3. The van der Waals surface area contributed by atoms with E-state index in [0.29, 0.717) is 13.1 Å². The first kappa shape index (κ1) is 12.2. The first-order valence-corrected chi connectivity index (χ1v) is 5.99. The number of nitrogens with zero attached hydrogens (tertiary/aromatic N) is 1. The predicted molar refractivity (Wildman–Crippen MR) is 68.4 cm³/mol. The topological polar surface area (TPSA) is 58.7 Å². The molecule has 1 unspecified atom stereocenters. The van der Waals surface area contributed by atoms with Crippen molar-refractivity contribution in [2.75, 3.05) is 31.6 Å². The van der Waals surface area contributed by atoms with Crippen molar-refractivity contribution in [3.63, 3.8) is 0 Å². The van der Waals surface area contributed by atoms with Crippen molar-refractivity contribution in [1.29, 1.82) is 0 Å². The molecule has 4 nitrogen and oxygen atoms in total. The van der Waals surface area contributed by atoms with Gasteiger partial charge in [0, 0.05) is 19.6 Å². The monoisotopic (exact) mass is 236 g/mol. The summed E-state index contributed by atoms with van der Waals surface area (Å²) in [5, 5.41) is 10.3. The maximum absolute atomic E-state index is 10.3. The minimum Gasteiger partial charge on any atom is -0.495 e. The van der Waals surface area contributed by atoms with Crippen LogP contribution in [0.5, 0.6) is 5.75 Å². The van der Waals surface area contributed by atoms with Crippen LogP contribution in [0, 0.1) is 0 Å². The summed E-state index contributed by atoms with van der Waals surface area (Å²) in [4.78, 5) is 2.15. The minimum atomic E-state index is -0.765. The summed E-state index contributed by atoms with van der Waals surface area (Å²) in [6.07, 6.45) is 1.72. The Hall–Kier alpha value is -1.26. The Labute approximate surface area is 102 Å². The molecule has 1 fully saturated rings. The third kappa shape index (κ3) is 2.53. The number of piperidine rings is 1. The van der Waals surface area contributed by atoms with Crippen molar-refractivity contribution < 1.29 is 9.84 Å². The minimum absolute atomic E-state index is 0.304. The zero-order valence-electron chi connectivity index (χ0n) is 10.2. The van der Waals surface area contributed by atoms with E-state index in [1.165, 1.54) is 0 Å². The number of hydrogen-bond donors (Lipinski definition) is 2.